The quantitative estimate of drug-likeness (QED) is 0.830. The summed E-state index contributed by atoms with van der Waals surface area (Å²) < 4.78 is 0. The number of nitrogens with zero attached hydrogens (tertiary/aromatic N) is 1. The maximum Gasteiger partial charge on any atom is 0.104 e. The molecule has 0 spiro atoms. The molecular formula is C15H22N2OS. The summed E-state index contributed by atoms with van der Waals surface area (Å²) >= 11 is 5.05. The number of aliphatic hydroxyl groups excluding tert-OH is 1. The van der Waals surface area contributed by atoms with Crippen LogP contribution in [0.5, 0.6) is 0 Å². The van der Waals surface area contributed by atoms with E-state index >= 15 is 0 Å². The molecule has 1 fully saturated rings. The third-order valence-corrected chi connectivity index (χ3v) is 4.12. The number of piperidine rings is 1. The van der Waals surface area contributed by atoms with E-state index in [1.165, 1.54) is 18.5 Å². The van der Waals surface area contributed by atoms with E-state index in [1.807, 2.05) is 13.0 Å². The van der Waals surface area contributed by atoms with Gasteiger partial charge in [-0.2, -0.15) is 0 Å². The number of hydrogen-bond donors (Lipinski definition) is 2. The molecule has 4 heteroatoms. The highest BCUT2D eigenvalue weighted by Gasteiger charge is 2.22. The molecule has 1 saturated heterocycles. The SMILES string of the molecule is Cc1cc(N2CCCCC2CCO)ccc1C(N)=S. The van der Waals surface area contributed by atoms with Crippen LogP contribution in [0.25, 0.3) is 0 Å². The second-order valence-corrected chi connectivity index (χ2v) is 5.66. The van der Waals surface area contributed by atoms with Crippen LogP contribution in [0.3, 0.4) is 0 Å². The molecule has 1 aliphatic heterocycles. The van der Waals surface area contributed by atoms with Crippen LogP contribution in [0.4, 0.5) is 5.69 Å². The molecule has 1 aromatic rings. The van der Waals surface area contributed by atoms with Crippen LogP contribution in [0.15, 0.2) is 18.2 Å². The number of rotatable bonds is 4. The summed E-state index contributed by atoms with van der Waals surface area (Å²) in [6.45, 7) is 3.37. The van der Waals surface area contributed by atoms with Gasteiger partial charge in [-0.15, -0.1) is 0 Å². The third-order valence-electron chi connectivity index (χ3n) is 3.90. The number of thiocarbonyl (C=S) groups is 1. The van der Waals surface area contributed by atoms with Gasteiger partial charge >= 0.3 is 0 Å². The Balaban J connectivity index is 2.24. The average Bonchev–Trinajstić information content (AvgIpc) is 2.39. The molecule has 0 saturated carbocycles. The molecule has 3 N–H and O–H groups in total. The zero-order valence-electron chi connectivity index (χ0n) is 11.4. The van der Waals surface area contributed by atoms with E-state index < -0.39 is 0 Å². The second-order valence-electron chi connectivity index (χ2n) is 5.22. The Morgan fingerprint density at radius 2 is 2.26 bits per heavy atom. The van der Waals surface area contributed by atoms with Gasteiger partial charge in [-0.25, -0.2) is 0 Å². The third kappa shape index (κ3) is 3.25. The molecule has 3 nitrogen and oxygen atoms in total. The van der Waals surface area contributed by atoms with Gasteiger partial charge in [0.1, 0.15) is 4.99 Å². The summed E-state index contributed by atoms with van der Waals surface area (Å²) in [6, 6.07) is 6.72. The molecule has 104 valence electrons. The Kier molecular flexibility index (Phi) is 4.77. The Morgan fingerprint density at radius 1 is 1.47 bits per heavy atom. The summed E-state index contributed by atoms with van der Waals surface area (Å²) in [5, 5.41) is 9.19. The van der Waals surface area contributed by atoms with Gasteiger partial charge in [0.25, 0.3) is 0 Å². The van der Waals surface area contributed by atoms with Crippen molar-refractivity contribution in [3.8, 4) is 0 Å². The van der Waals surface area contributed by atoms with Gasteiger partial charge in [0.15, 0.2) is 0 Å². The summed E-state index contributed by atoms with van der Waals surface area (Å²) in [7, 11) is 0. The summed E-state index contributed by atoms with van der Waals surface area (Å²) in [6.07, 6.45) is 4.48. The molecular weight excluding hydrogens is 256 g/mol. The smallest absolute Gasteiger partial charge is 0.104 e. The Morgan fingerprint density at radius 3 is 2.89 bits per heavy atom. The molecule has 1 aliphatic rings. The highest BCUT2D eigenvalue weighted by molar-refractivity contribution is 7.80. The van der Waals surface area contributed by atoms with Crippen molar-refractivity contribution < 1.29 is 5.11 Å². The van der Waals surface area contributed by atoms with E-state index in [1.54, 1.807) is 0 Å². The highest BCUT2D eigenvalue weighted by Crippen LogP contribution is 2.28. The van der Waals surface area contributed by atoms with Gasteiger partial charge in [-0.05, 0) is 56.4 Å². The van der Waals surface area contributed by atoms with Gasteiger partial charge in [0.05, 0.1) is 0 Å². The minimum atomic E-state index is 0.255. The molecule has 1 unspecified atom stereocenters. The minimum Gasteiger partial charge on any atom is -0.396 e. The lowest BCUT2D eigenvalue weighted by Crippen LogP contribution is -2.40. The van der Waals surface area contributed by atoms with Gasteiger partial charge in [0, 0.05) is 30.4 Å². The molecule has 0 radical (unpaired) electrons. The lowest BCUT2D eigenvalue weighted by atomic mass is 9.97. The van der Waals surface area contributed by atoms with Crippen molar-refractivity contribution in [3.05, 3.63) is 29.3 Å². The van der Waals surface area contributed by atoms with Crippen LogP contribution < -0.4 is 10.6 Å². The minimum absolute atomic E-state index is 0.255. The number of nitrogens with two attached hydrogens (primary N) is 1. The first-order valence-corrected chi connectivity index (χ1v) is 7.32. The Hall–Kier alpha value is -1.13. The maximum absolute atomic E-state index is 9.19. The zero-order chi connectivity index (χ0) is 13.8. The molecule has 1 aromatic carbocycles. The van der Waals surface area contributed by atoms with Crippen LogP contribution in [0, 0.1) is 6.92 Å². The summed E-state index contributed by atoms with van der Waals surface area (Å²) in [4.78, 5) is 2.87. The highest BCUT2D eigenvalue weighted by atomic mass is 32.1. The molecule has 1 heterocycles. The lowest BCUT2D eigenvalue weighted by Gasteiger charge is -2.37. The normalized spacial score (nSPS) is 19.5. The first-order valence-electron chi connectivity index (χ1n) is 6.91. The van der Waals surface area contributed by atoms with Gasteiger partial charge in [0.2, 0.25) is 0 Å². The van der Waals surface area contributed by atoms with Crippen molar-refractivity contribution in [1.29, 1.82) is 0 Å². The molecule has 2 rings (SSSR count). The van der Waals surface area contributed by atoms with Gasteiger partial charge in [-0.1, -0.05) is 12.2 Å². The first kappa shape index (κ1) is 14.3. The monoisotopic (exact) mass is 278 g/mol. The molecule has 0 aliphatic carbocycles. The molecule has 1 atom stereocenters. The van der Waals surface area contributed by atoms with Crippen molar-refractivity contribution in [2.45, 2.75) is 38.6 Å². The average molecular weight is 278 g/mol. The second kappa shape index (κ2) is 6.35. The number of hydrogen-bond acceptors (Lipinski definition) is 3. The predicted octanol–water partition coefficient (Wildman–Crippen LogP) is 2.37. The van der Waals surface area contributed by atoms with Crippen molar-refractivity contribution in [2.24, 2.45) is 5.73 Å². The van der Waals surface area contributed by atoms with Gasteiger partial charge in [-0.3, -0.25) is 0 Å². The van der Waals surface area contributed by atoms with E-state index in [-0.39, 0.29) is 6.61 Å². The zero-order valence-corrected chi connectivity index (χ0v) is 12.2. The molecule has 0 aromatic heterocycles. The van der Waals surface area contributed by atoms with Crippen molar-refractivity contribution in [1.82, 2.24) is 0 Å². The van der Waals surface area contributed by atoms with Crippen LogP contribution in [-0.2, 0) is 0 Å². The Labute approximate surface area is 120 Å². The lowest BCUT2D eigenvalue weighted by molar-refractivity contribution is 0.262. The molecule has 0 bridgehead atoms. The van der Waals surface area contributed by atoms with Crippen molar-refractivity contribution in [3.63, 3.8) is 0 Å². The van der Waals surface area contributed by atoms with E-state index in [2.05, 4.69) is 17.0 Å². The van der Waals surface area contributed by atoms with E-state index in [4.69, 9.17) is 18.0 Å². The van der Waals surface area contributed by atoms with Crippen LogP contribution in [0.1, 0.15) is 36.8 Å². The number of anilines is 1. The fourth-order valence-electron chi connectivity index (χ4n) is 2.89. The fourth-order valence-corrected chi connectivity index (χ4v) is 3.12. The standard InChI is InChI=1S/C15H22N2OS/c1-11-10-13(5-6-14(11)15(16)19)17-8-3-2-4-12(17)7-9-18/h5-6,10,12,18H,2-4,7-9H2,1H3,(H2,16,19). The van der Waals surface area contributed by atoms with Crippen molar-refractivity contribution in [2.75, 3.05) is 18.1 Å². The number of aryl methyl sites for hydroxylation is 1. The van der Waals surface area contributed by atoms with E-state index in [9.17, 15) is 5.11 Å². The maximum atomic E-state index is 9.19. The molecule has 19 heavy (non-hydrogen) atoms. The topological polar surface area (TPSA) is 49.5 Å². The fraction of sp³-hybridized carbons (Fsp3) is 0.533. The predicted molar refractivity (Wildman–Crippen MR) is 83.8 cm³/mol. The Bertz CT molecular complexity index is 459. The number of aliphatic hydroxyl groups is 1. The van der Waals surface area contributed by atoms with Gasteiger partial charge < -0.3 is 15.7 Å². The largest absolute Gasteiger partial charge is 0.396 e. The summed E-state index contributed by atoms with van der Waals surface area (Å²) in [5.41, 5.74) is 9.00. The van der Waals surface area contributed by atoms with Crippen molar-refractivity contribution >= 4 is 22.9 Å². The van der Waals surface area contributed by atoms with Crippen LogP contribution >= 0.6 is 12.2 Å². The molecule has 0 amide bonds. The summed E-state index contributed by atoms with van der Waals surface area (Å²) in [5.74, 6) is 0. The van der Waals surface area contributed by atoms with Crippen LogP contribution in [-0.4, -0.2) is 29.3 Å². The van der Waals surface area contributed by atoms with Crippen LogP contribution in [0.2, 0.25) is 0 Å². The first-order chi connectivity index (χ1) is 9.13. The van der Waals surface area contributed by atoms with E-state index in [0.717, 1.165) is 30.5 Å². The number of benzene rings is 1. The van der Waals surface area contributed by atoms with E-state index in [0.29, 0.717) is 11.0 Å².